The summed E-state index contributed by atoms with van der Waals surface area (Å²) in [5.41, 5.74) is 2.40. The first kappa shape index (κ1) is 23.3. The fourth-order valence-electron chi connectivity index (χ4n) is 3.51. The second-order valence-corrected chi connectivity index (χ2v) is 8.39. The molecule has 0 saturated carbocycles. The SMILES string of the molecule is CC(C)COCC(O)CN(Cc1cccc(F)c1)CC1CC(c2ccc(F)cc2)=NO1. The van der Waals surface area contributed by atoms with Crippen molar-refractivity contribution in [2.24, 2.45) is 11.1 Å². The van der Waals surface area contributed by atoms with Gasteiger partial charge in [-0.15, -0.1) is 0 Å². The molecule has 31 heavy (non-hydrogen) atoms. The zero-order valence-corrected chi connectivity index (χ0v) is 18.0. The second-order valence-electron chi connectivity index (χ2n) is 8.39. The Hall–Kier alpha value is -2.35. The largest absolute Gasteiger partial charge is 0.390 e. The van der Waals surface area contributed by atoms with Gasteiger partial charge in [0.25, 0.3) is 0 Å². The smallest absolute Gasteiger partial charge is 0.145 e. The van der Waals surface area contributed by atoms with Crippen molar-refractivity contribution in [3.63, 3.8) is 0 Å². The van der Waals surface area contributed by atoms with Crippen LogP contribution in [-0.4, -0.2) is 54.2 Å². The molecule has 0 aliphatic carbocycles. The van der Waals surface area contributed by atoms with Gasteiger partial charge in [0, 0.05) is 32.7 Å². The van der Waals surface area contributed by atoms with E-state index in [1.807, 2.05) is 11.0 Å². The number of benzene rings is 2. The van der Waals surface area contributed by atoms with Gasteiger partial charge in [-0.3, -0.25) is 4.90 Å². The minimum atomic E-state index is -0.675. The van der Waals surface area contributed by atoms with Crippen LogP contribution in [0, 0.1) is 17.6 Å². The van der Waals surface area contributed by atoms with Gasteiger partial charge in [0.1, 0.15) is 17.7 Å². The van der Waals surface area contributed by atoms with Crippen LogP contribution in [0.4, 0.5) is 8.78 Å². The zero-order chi connectivity index (χ0) is 22.2. The highest BCUT2D eigenvalue weighted by molar-refractivity contribution is 6.01. The van der Waals surface area contributed by atoms with Gasteiger partial charge in [0.15, 0.2) is 0 Å². The van der Waals surface area contributed by atoms with Crippen molar-refractivity contribution >= 4 is 5.71 Å². The molecule has 2 unspecified atom stereocenters. The number of oxime groups is 1. The van der Waals surface area contributed by atoms with Crippen LogP contribution >= 0.6 is 0 Å². The Bertz CT molecular complexity index is 858. The predicted octanol–water partition coefficient (Wildman–Crippen LogP) is 3.99. The topological polar surface area (TPSA) is 54.3 Å². The maximum Gasteiger partial charge on any atom is 0.145 e. The summed E-state index contributed by atoms with van der Waals surface area (Å²) in [5, 5.41) is 14.6. The van der Waals surface area contributed by atoms with Crippen molar-refractivity contribution in [1.29, 1.82) is 0 Å². The average molecular weight is 433 g/mol. The first-order chi connectivity index (χ1) is 14.9. The van der Waals surface area contributed by atoms with Gasteiger partial charge in [0.05, 0.1) is 18.4 Å². The molecule has 0 aromatic heterocycles. The molecule has 2 aromatic rings. The molecule has 1 heterocycles. The number of aliphatic hydroxyl groups excluding tert-OH is 1. The van der Waals surface area contributed by atoms with Crippen LogP contribution in [0.5, 0.6) is 0 Å². The van der Waals surface area contributed by atoms with Gasteiger partial charge in [-0.25, -0.2) is 8.78 Å². The summed E-state index contributed by atoms with van der Waals surface area (Å²) in [5.74, 6) is -0.198. The Morgan fingerprint density at radius 1 is 1.13 bits per heavy atom. The van der Waals surface area contributed by atoms with Crippen LogP contribution < -0.4 is 0 Å². The average Bonchev–Trinajstić information content (AvgIpc) is 3.16. The molecule has 0 spiro atoms. The molecule has 3 rings (SSSR count). The van der Waals surface area contributed by atoms with Crippen molar-refractivity contribution in [2.45, 2.75) is 39.0 Å². The number of nitrogens with zero attached hydrogens (tertiary/aromatic N) is 2. The summed E-state index contributed by atoms with van der Waals surface area (Å²) >= 11 is 0. The van der Waals surface area contributed by atoms with Crippen LogP contribution in [0.1, 0.15) is 31.4 Å². The highest BCUT2D eigenvalue weighted by Crippen LogP contribution is 2.19. The summed E-state index contributed by atoms with van der Waals surface area (Å²) in [4.78, 5) is 7.62. The molecule has 0 radical (unpaired) electrons. The van der Waals surface area contributed by atoms with E-state index in [1.165, 1.54) is 24.3 Å². The van der Waals surface area contributed by atoms with Crippen molar-refractivity contribution in [2.75, 3.05) is 26.3 Å². The molecule has 1 aliphatic heterocycles. The third-order valence-corrected chi connectivity index (χ3v) is 4.90. The molecular formula is C24H30F2N2O3. The number of rotatable bonds is 11. The molecular weight excluding hydrogens is 402 g/mol. The van der Waals surface area contributed by atoms with E-state index in [2.05, 4.69) is 19.0 Å². The third kappa shape index (κ3) is 7.69. The number of aliphatic hydroxyl groups is 1. The Labute approximate surface area is 182 Å². The Morgan fingerprint density at radius 2 is 1.90 bits per heavy atom. The molecule has 0 saturated heterocycles. The van der Waals surface area contributed by atoms with Crippen molar-refractivity contribution in [3.8, 4) is 0 Å². The highest BCUT2D eigenvalue weighted by atomic mass is 19.1. The lowest BCUT2D eigenvalue weighted by Gasteiger charge is -2.27. The molecule has 0 fully saturated rings. The van der Waals surface area contributed by atoms with Gasteiger partial charge in [-0.1, -0.05) is 43.3 Å². The molecule has 0 amide bonds. The van der Waals surface area contributed by atoms with Crippen LogP contribution in [0.15, 0.2) is 53.7 Å². The van der Waals surface area contributed by atoms with E-state index < -0.39 is 6.10 Å². The van der Waals surface area contributed by atoms with Gasteiger partial charge < -0.3 is 14.7 Å². The third-order valence-electron chi connectivity index (χ3n) is 4.90. The van der Waals surface area contributed by atoms with Gasteiger partial charge >= 0.3 is 0 Å². The van der Waals surface area contributed by atoms with Crippen LogP contribution in [0.3, 0.4) is 0 Å². The van der Waals surface area contributed by atoms with E-state index >= 15 is 0 Å². The normalized spacial score (nSPS) is 17.1. The molecule has 5 nitrogen and oxygen atoms in total. The van der Waals surface area contributed by atoms with Gasteiger partial charge in [-0.2, -0.15) is 0 Å². The quantitative estimate of drug-likeness (QED) is 0.583. The first-order valence-corrected chi connectivity index (χ1v) is 10.6. The monoisotopic (exact) mass is 432 g/mol. The second kappa shape index (κ2) is 11.3. The Morgan fingerprint density at radius 3 is 2.61 bits per heavy atom. The van der Waals surface area contributed by atoms with E-state index in [0.29, 0.717) is 38.6 Å². The standard InChI is InChI=1S/C24H30F2N2O3/c1-17(2)15-30-16-22(29)13-28(12-18-4-3-5-21(26)10-18)14-23-11-24(27-31-23)19-6-8-20(25)9-7-19/h3-10,17,22-23,29H,11-16H2,1-2H3. The van der Waals surface area contributed by atoms with Crippen LogP contribution in [-0.2, 0) is 16.1 Å². The molecule has 2 aromatic carbocycles. The van der Waals surface area contributed by atoms with Crippen molar-refractivity contribution in [3.05, 3.63) is 71.3 Å². The van der Waals surface area contributed by atoms with Crippen molar-refractivity contribution < 1.29 is 23.5 Å². The van der Waals surface area contributed by atoms with E-state index in [9.17, 15) is 13.9 Å². The molecule has 7 heteroatoms. The lowest BCUT2D eigenvalue weighted by molar-refractivity contribution is -0.00735. The minimum absolute atomic E-state index is 0.211. The Kier molecular flexibility index (Phi) is 8.51. The lowest BCUT2D eigenvalue weighted by Crippen LogP contribution is -2.39. The van der Waals surface area contributed by atoms with Crippen LogP contribution in [0.2, 0.25) is 0 Å². The Balaban J connectivity index is 1.60. The summed E-state index contributed by atoms with van der Waals surface area (Å²) in [6, 6.07) is 12.6. The fraction of sp³-hybridized carbons (Fsp3) is 0.458. The summed E-state index contributed by atoms with van der Waals surface area (Å²) in [6.07, 6.45) is -0.311. The van der Waals surface area contributed by atoms with E-state index in [-0.39, 0.29) is 24.3 Å². The number of ether oxygens (including phenoxy) is 1. The minimum Gasteiger partial charge on any atom is -0.390 e. The molecule has 1 aliphatic rings. The summed E-state index contributed by atoms with van der Waals surface area (Å²) in [7, 11) is 0. The zero-order valence-electron chi connectivity index (χ0n) is 18.0. The summed E-state index contributed by atoms with van der Waals surface area (Å²) < 4.78 is 32.4. The van der Waals surface area contributed by atoms with Crippen LogP contribution in [0.25, 0.3) is 0 Å². The van der Waals surface area contributed by atoms with Gasteiger partial charge in [-0.05, 0) is 41.3 Å². The van der Waals surface area contributed by atoms with Gasteiger partial charge in [0.2, 0.25) is 0 Å². The number of halogens is 2. The summed E-state index contributed by atoms with van der Waals surface area (Å²) in [6.45, 7) is 6.26. The number of hydrogen-bond acceptors (Lipinski definition) is 5. The van der Waals surface area contributed by atoms with E-state index in [0.717, 1.165) is 16.8 Å². The first-order valence-electron chi connectivity index (χ1n) is 10.6. The fourth-order valence-corrected chi connectivity index (χ4v) is 3.51. The highest BCUT2D eigenvalue weighted by Gasteiger charge is 2.26. The predicted molar refractivity (Wildman–Crippen MR) is 116 cm³/mol. The maximum atomic E-state index is 13.6. The number of hydrogen-bond donors (Lipinski definition) is 1. The molecule has 168 valence electrons. The maximum absolute atomic E-state index is 13.6. The molecule has 2 atom stereocenters. The lowest BCUT2D eigenvalue weighted by atomic mass is 10.0. The van der Waals surface area contributed by atoms with E-state index in [1.54, 1.807) is 18.2 Å². The van der Waals surface area contributed by atoms with Crippen molar-refractivity contribution in [1.82, 2.24) is 4.90 Å². The molecule has 0 bridgehead atoms. The molecule has 1 N–H and O–H groups in total. The van der Waals surface area contributed by atoms with E-state index in [4.69, 9.17) is 9.57 Å².